The SMILES string of the molecule is CN1CN(c2cccc(Oc3ccc4c5ccccc5n(-c5cc6oc7ccccc7c6cn5)c4c3)c2)c2cc(-c3ccccc3)ccc21. The van der Waals surface area contributed by atoms with Gasteiger partial charge in [0.05, 0.1) is 29.1 Å². The molecule has 6 aromatic carbocycles. The zero-order valence-electron chi connectivity index (χ0n) is 26.7. The van der Waals surface area contributed by atoms with Crippen molar-refractivity contribution in [3.05, 3.63) is 152 Å². The fourth-order valence-electron chi connectivity index (χ4n) is 7.30. The van der Waals surface area contributed by atoms with Gasteiger partial charge in [-0.15, -0.1) is 0 Å². The van der Waals surface area contributed by atoms with Crippen LogP contribution in [0.1, 0.15) is 0 Å². The second kappa shape index (κ2) is 10.8. The molecule has 3 aromatic heterocycles. The molecule has 0 radical (unpaired) electrons. The van der Waals surface area contributed by atoms with Crippen molar-refractivity contribution >= 4 is 60.8 Å². The first kappa shape index (κ1) is 27.6. The molecule has 49 heavy (non-hydrogen) atoms. The van der Waals surface area contributed by atoms with E-state index in [0.717, 1.165) is 73.4 Å². The predicted molar refractivity (Wildman–Crippen MR) is 200 cm³/mol. The molecule has 0 spiro atoms. The average Bonchev–Trinajstić information content (AvgIpc) is 3.80. The van der Waals surface area contributed by atoms with E-state index in [-0.39, 0.29) is 0 Å². The number of fused-ring (bicyclic) bond motifs is 7. The summed E-state index contributed by atoms with van der Waals surface area (Å²) in [6, 6.07) is 50.4. The van der Waals surface area contributed by atoms with Crippen LogP contribution in [0.25, 0.3) is 60.7 Å². The standard InChI is InChI=1S/C43H30N4O2/c1-45-27-46(40-22-29(18-21-38(40)45)28-10-3-2-4-11-28)30-12-9-13-31(23-30)48-32-19-20-34-33-14-5-7-16-37(33)47(39(34)24-32)43-25-42-36(26-44-43)35-15-6-8-17-41(35)49-42/h2-26H,27H2,1H3. The van der Waals surface area contributed by atoms with Crippen molar-refractivity contribution in [1.82, 2.24) is 9.55 Å². The van der Waals surface area contributed by atoms with Crippen molar-refractivity contribution in [2.75, 3.05) is 23.5 Å². The molecule has 1 aliphatic heterocycles. The molecule has 0 N–H and O–H groups in total. The fourth-order valence-corrected chi connectivity index (χ4v) is 7.30. The summed E-state index contributed by atoms with van der Waals surface area (Å²) >= 11 is 0. The Hall–Kier alpha value is -6.53. The average molecular weight is 635 g/mol. The Bertz CT molecular complexity index is 2710. The van der Waals surface area contributed by atoms with Crippen molar-refractivity contribution in [2.24, 2.45) is 0 Å². The van der Waals surface area contributed by atoms with Crippen molar-refractivity contribution in [1.29, 1.82) is 0 Å². The Morgan fingerprint density at radius 1 is 0.571 bits per heavy atom. The second-order valence-corrected chi connectivity index (χ2v) is 12.6. The van der Waals surface area contributed by atoms with Crippen molar-refractivity contribution in [3.8, 4) is 28.4 Å². The highest BCUT2D eigenvalue weighted by atomic mass is 16.5. The van der Waals surface area contributed by atoms with Crippen LogP contribution in [0.3, 0.4) is 0 Å². The molecule has 1 aliphatic rings. The Kier molecular flexibility index (Phi) is 6.05. The van der Waals surface area contributed by atoms with E-state index >= 15 is 0 Å². The molecular formula is C43H30N4O2. The zero-order valence-corrected chi connectivity index (χ0v) is 26.7. The fraction of sp³-hybridized carbons (Fsp3) is 0.0465. The summed E-state index contributed by atoms with van der Waals surface area (Å²) in [6.07, 6.45) is 1.92. The Morgan fingerprint density at radius 3 is 2.29 bits per heavy atom. The van der Waals surface area contributed by atoms with Crippen LogP contribution in [0.5, 0.6) is 11.5 Å². The number of pyridine rings is 1. The van der Waals surface area contributed by atoms with Gasteiger partial charge in [0.1, 0.15) is 28.5 Å². The molecule has 234 valence electrons. The van der Waals surface area contributed by atoms with E-state index in [1.54, 1.807) is 0 Å². The number of hydrogen-bond donors (Lipinski definition) is 0. The largest absolute Gasteiger partial charge is 0.457 e. The molecule has 0 saturated carbocycles. The molecule has 0 bridgehead atoms. The van der Waals surface area contributed by atoms with Gasteiger partial charge >= 0.3 is 0 Å². The molecule has 0 unspecified atom stereocenters. The van der Waals surface area contributed by atoms with E-state index < -0.39 is 0 Å². The maximum Gasteiger partial charge on any atom is 0.141 e. The van der Waals surface area contributed by atoms with Gasteiger partial charge in [0.2, 0.25) is 0 Å². The van der Waals surface area contributed by atoms with Gasteiger partial charge in [-0.3, -0.25) is 4.57 Å². The molecule has 4 heterocycles. The van der Waals surface area contributed by atoms with Crippen molar-refractivity contribution in [2.45, 2.75) is 0 Å². The number of nitrogens with zero attached hydrogens (tertiary/aromatic N) is 4. The molecule has 6 nitrogen and oxygen atoms in total. The minimum Gasteiger partial charge on any atom is -0.457 e. The number of benzene rings is 6. The van der Waals surface area contributed by atoms with Crippen LogP contribution >= 0.6 is 0 Å². The number of hydrogen-bond acceptors (Lipinski definition) is 5. The second-order valence-electron chi connectivity index (χ2n) is 12.6. The maximum absolute atomic E-state index is 6.60. The molecular weight excluding hydrogens is 604 g/mol. The lowest BCUT2D eigenvalue weighted by Gasteiger charge is -2.20. The topological polar surface area (TPSA) is 46.7 Å². The summed E-state index contributed by atoms with van der Waals surface area (Å²) in [5.74, 6) is 2.32. The summed E-state index contributed by atoms with van der Waals surface area (Å²) in [5.41, 5.74) is 9.63. The molecule has 0 fully saturated rings. The third kappa shape index (κ3) is 4.45. The first-order chi connectivity index (χ1) is 24.2. The monoisotopic (exact) mass is 634 g/mol. The van der Waals surface area contributed by atoms with Gasteiger partial charge in [0.15, 0.2) is 0 Å². The van der Waals surface area contributed by atoms with Gasteiger partial charge in [0.25, 0.3) is 0 Å². The lowest BCUT2D eigenvalue weighted by atomic mass is 10.0. The van der Waals surface area contributed by atoms with E-state index in [1.165, 1.54) is 22.5 Å². The first-order valence-electron chi connectivity index (χ1n) is 16.4. The van der Waals surface area contributed by atoms with Crippen LogP contribution in [0.2, 0.25) is 0 Å². The van der Waals surface area contributed by atoms with Gasteiger partial charge in [-0.05, 0) is 59.7 Å². The summed E-state index contributed by atoms with van der Waals surface area (Å²) in [5, 5.41) is 4.36. The van der Waals surface area contributed by atoms with Crippen LogP contribution in [0.4, 0.5) is 17.1 Å². The number of anilines is 3. The van der Waals surface area contributed by atoms with Crippen LogP contribution in [-0.2, 0) is 0 Å². The molecule has 0 amide bonds. The van der Waals surface area contributed by atoms with Crippen LogP contribution in [0, 0.1) is 0 Å². The summed E-state index contributed by atoms with van der Waals surface area (Å²) in [7, 11) is 2.14. The molecule has 6 heteroatoms. The Labute approximate surface area is 282 Å². The normalized spacial score (nSPS) is 12.8. The van der Waals surface area contributed by atoms with Crippen LogP contribution < -0.4 is 14.5 Å². The molecule has 0 aliphatic carbocycles. The lowest BCUT2D eigenvalue weighted by Crippen LogP contribution is -2.23. The van der Waals surface area contributed by atoms with Gasteiger partial charge in [-0.25, -0.2) is 4.98 Å². The third-order valence-corrected chi connectivity index (χ3v) is 9.63. The number of para-hydroxylation sites is 2. The van der Waals surface area contributed by atoms with Crippen molar-refractivity contribution in [3.63, 3.8) is 0 Å². The predicted octanol–water partition coefficient (Wildman–Crippen LogP) is 11.1. The van der Waals surface area contributed by atoms with E-state index in [1.807, 2.05) is 42.6 Å². The highest BCUT2D eigenvalue weighted by molar-refractivity contribution is 6.10. The highest BCUT2D eigenvalue weighted by Gasteiger charge is 2.25. The minimum atomic E-state index is 0.754. The third-order valence-electron chi connectivity index (χ3n) is 9.63. The smallest absolute Gasteiger partial charge is 0.141 e. The lowest BCUT2D eigenvalue weighted by molar-refractivity contribution is 0.483. The van der Waals surface area contributed by atoms with Gasteiger partial charge in [-0.2, -0.15) is 0 Å². The van der Waals surface area contributed by atoms with E-state index in [2.05, 4.69) is 131 Å². The highest BCUT2D eigenvalue weighted by Crippen LogP contribution is 2.43. The molecule has 9 aromatic rings. The quantitative estimate of drug-likeness (QED) is 0.189. The van der Waals surface area contributed by atoms with E-state index in [9.17, 15) is 0 Å². The molecule has 0 atom stereocenters. The Morgan fingerprint density at radius 2 is 1.37 bits per heavy atom. The summed E-state index contributed by atoms with van der Waals surface area (Å²) in [6.45, 7) is 0.756. The van der Waals surface area contributed by atoms with Crippen LogP contribution in [-0.4, -0.2) is 23.3 Å². The zero-order chi connectivity index (χ0) is 32.5. The number of rotatable bonds is 5. The molecule has 10 rings (SSSR count). The number of ether oxygens (including phenoxy) is 1. The minimum absolute atomic E-state index is 0.754. The van der Waals surface area contributed by atoms with Gasteiger partial charge in [0, 0.05) is 58.7 Å². The first-order valence-corrected chi connectivity index (χ1v) is 16.4. The number of aromatic nitrogens is 2. The van der Waals surface area contributed by atoms with Gasteiger partial charge in [-0.1, -0.05) is 78.9 Å². The number of furan rings is 1. The van der Waals surface area contributed by atoms with E-state index in [0.29, 0.717) is 0 Å². The maximum atomic E-state index is 6.60. The molecule has 0 saturated heterocycles. The summed E-state index contributed by atoms with van der Waals surface area (Å²) in [4.78, 5) is 9.57. The van der Waals surface area contributed by atoms with Crippen LogP contribution in [0.15, 0.2) is 156 Å². The van der Waals surface area contributed by atoms with E-state index in [4.69, 9.17) is 14.1 Å². The van der Waals surface area contributed by atoms with Gasteiger partial charge < -0.3 is 19.0 Å². The van der Waals surface area contributed by atoms with Crippen molar-refractivity contribution < 1.29 is 9.15 Å². The Balaban J connectivity index is 1.03. The summed E-state index contributed by atoms with van der Waals surface area (Å²) < 4.78 is 15.0.